The minimum atomic E-state index is -0.284. The summed E-state index contributed by atoms with van der Waals surface area (Å²) in [5.41, 5.74) is 3.47. The predicted molar refractivity (Wildman–Crippen MR) is 137 cm³/mol. The van der Waals surface area contributed by atoms with Crippen LogP contribution in [0, 0.1) is 6.92 Å². The van der Waals surface area contributed by atoms with Crippen molar-refractivity contribution in [2.24, 2.45) is 0 Å². The van der Waals surface area contributed by atoms with Gasteiger partial charge in [-0.15, -0.1) is 11.8 Å². The van der Waals surface area contributed by atoms with Gasteiger partial charge in [0.05, 0.1) is 11.3 Å². The van der Waals surface area contributed by atoms with E-state index in [0.29, 0.717) is 21.7 Å². The van der Waals surface area contributed by atoms with Crippen LogP contribution in [0.5, 0.6) is 0 Å². The van der Waals surface area contributed by atoms with Gasteiger partial charge in [0.2, 0.25) is 5.91 Å². The molecule has 0 aromatic heterocycles. The van der Waals surface area contributed by atoms with E-state index in [1.54, 1.807) is 36.4 Å². The third-order valence-electron chi connectivity index (χ3n) is 5.59. The Kier molecular flexibility index (Phi) is 7.65. The van der Waals surface area contributed by atoms with Crippen molar-refractivity contribution in [2.45, 2.75) is 24.7 Å². The van der Waals surface area contributed by atoms with Crippen molar-refractivity contribution in [3.05, 3.63) is 89.5 Å². The molecule has 1 aliphatic heterocycles. The number of amides is 3. The Labute approximate surface area is 203 Å². The van der Waals surface area contributed by atoms with E-state index in [0.717, 1.165) is 37.2 Å². The van der Waals surface area contributed by atoms with E-state index in [1.165, 1.54) is 11.8 Å². The summed E-state index contributed by atoms with van der Waals surface area (Å²) in [4.78, 5) is 40.6. The predicted octanol–water partition coefficient (Wildman–Crippen LogP) is 5.21. The fourth-order valence-electron chi connectivity index (χ4n) is 3.79. The first kappa shape index (κ1) is 23.6. The van der Waals surface area contributed by atoms with Crippen molar-refractivity contribution in [1.82, 2.24) is 4.90 Å². The molecular formula is C27H27N3O3S. The summed E-state index contributed by atoms with van der Waals surface area (Å²) in [6.07, 6.45) is 2.05. The van der Waals surface area contributed by atoms with Gasteiger partial charge in [0.15, 0.2) is 0 Å². The second kappa shape index (κ2) is 11.0. The second-order valence-electron chi connectivity index (χ2n) is 8.23. The lowest BCUT2D eigenvalue weighted by Crippen LogP contribution is -2.27. The van der Waals surface area contributed by atoms with E-state index in [-0.39, 0.29) is 23.5 Å². The van der Waals surface area contributed by atoms with Gasteiger partial charge in [0.1, 0.15) is 0 Å². The molecule has 2 N–H and O–H groups in total. The van der Waals surface area contributed by atoms with Crippen LogP contribution in [0.3, 0.4) is 0 Å². The van der Waals surface area contributed by atoms with Crippen molar-refractivity contribution in [3.63, 3.8) is 0 Å². The van der Waals surface area contributed by atoms with Crippen molar-refractivity contribution in [3.8, 4) is 0 Å². The Morgan fingerprint density at radius 1 is 0.853 bits per heavy atom. The normalized spacial score (nSPS) is 12.9. The Balaban J connectivity index is 1.39. The van der Waals surface area contributed by atoms with Crippen molar-refractivity contribution in [2.75, 3.05) is 29.5 Å². The number of nitrogens with one attached hydrogen (secondary N) is 2. The average Bonchev–Trinajstić information content (AvgIpc) is 3.39. The van der Waals surface area contributed by atoms with Gasteiger partial charge in [-0.1, -0.05) is 35.9 Å². The zero-order valence-corrected chi connectivity index (χ0v) is 19.9. The number of carbonyl (C=O) groups is 3. The van der Waals surface area contributed by atoms with Crippen LogP contribution in [0.1, 0.15) is 39.1 Å². The highest BCUT2D eigenvalue weighted by molar-refractivity contribution is 8.00. The van der Waals surface area contributed by atoms with Crippen LogP contribution in [0.25, 0.3) is 0 Å². The molecule has 34 heavy (non-hydrogen) atoms. The Morgan fingerprint density at radius 2 is 1.59 bits per heavy atom. The van der Waals surface area contributed by atoms with E-state index in [2.05, 4.69) is 10.6 Å². The summed E-state index contributed by atoms with van der Waals surface area (Å²) in [6.45, 7) is 3.54. The third kappa shape index (κ3) is 6.05. The van der Waals surface area contributed by atoms with E-state index in [9.17, 15) is 14.4 Å². The van der Waals surface area contributed by atoms with Crippen LogP contribution in [0.4, 0.5) is 11.4 Å². The second-order valence-corrected chi connectivity index (χ2v) is 9.25. The van der Waals surface area contributed by atoms with Crippen LogP contribution in [0.2, 0.25) is 0 Å². The molecule has 3 amide bonds. The molecule has 6 nitrogen and oxygen atoms in total. The highest BCUT2D eigenvalue weighted by Crippen LogP contribution is 2.24. The van der Waals surface area contributed by atoms with E-state index in [1.807, 2.05) is 48.2 Å². The van der Waals surface area contributed by atoms with Crippen LogP contribution >= 0.6 is 11.8 Å². The molecular weight excluding hydrogens is 446 g/mol. The van der Waals surface area contributed by atoms with Gasteiger partial charge in [-0.05, 0) is 62.2 Å². The molecule has 1 saturated heterocycles. The van der Waals surface area contributed by atoms with Crippen molar-refractivity contribution >= 4 is 40.9 Å². The zero-order valence-electron chi connectivity index (χ0n) is 19.0. The van der Waals surface area contributed by atoms with Gasteiger partial charge in [0.25, 0.3) is 11.8 Å². The number of hydrogen-bond donors (Lipinski definition) is 2. The summed E-state index contributed by atoms with van der Waals surface area (Å²) in [5.74, 6) is -0.257. The molecule has 7 heteroatoms. The minimum Gasteiger partial charge on any atom is -0.339 e. The number of thioether (sulfide) groups is 1. The van der Waals surface area contributed by atoms with Crippen LogP contribution in [0.15, 0.2) is 77.7 Å². The maximum atomic E-state index is 13.0. The van der Waals surface area contributed by atoms with Gasteiger partial charge in [-0.25, -0.2) is 0 Å². The lowest BCUT2D eigenvalue weighted by Gasteiger charge is -2.16. The number of rotatable bonds is 7. The molecule has 3 aromatic carbocycles. The van der Waals surface area contributed by atoms with E-state index < -0.39 is 0 Å². The molecule has 3 aromatic rings. The standard InChI is InChI=1S/C27H27N3O3S/c1-19-11-13-21(14-12-19)28-25(31)18-34-24-10-3-2-9-23(24)26(32)29-22-8-6-7-20(17-22)27(33)30-15-4-5-16-30/h2-3,6-14,17H,4-5,15-16,18H2,1H3,(H,28,31)(H,29,32). The summed E-state index contributed by atoms with van der Waals surface area (Å²) < 4.78 is 0. The van der Waals surface area contributed by atoms with Gasteiger partial charge in [-0.2, -0.15) is 0 Å². The van der Waals surface area contributed by atoms with Gasteiger partial charge in [0, 0.05) is 34.9 Å². The van der Waals surface area contributed by atoms with E-state index >= 15 is 0 Å². The largest absolute Gasteiger partial charge is 0.339 e. The van der Waals surface area contributed by atoms with Crippen LogP contribution < -0.4 is 10.6 Å². The quantitative estimate of drug-likeness (QED) is 0.462. The number of nitrogens with zero attached hydrogens (tertiary/aromatic N) is 1. The molecule has 0 atom stereocenters. The molecule has 0 bridgehead atoms. The van der Waals surface area contributed by atoms with Gasteiger partial charge in [-0.3, -0.25) is 14.4 Å². The maximum absolute atomic E-state index is 13.0. The monoisotopic (exact) mass is 473 g/mol. The van der Waals surface area contributed by atoms with Gasteiger partial charge < -0.3 is 15.5 Å². The Morgan fingerprint density at radius 3 is 2.35 bits per heavy atom. The first-order valence-electron chi connectivity index (χ1n) is 11.3. The zero-order chi connectivity index (χ0) is 23.9. The smallest absolute Gasteiger partial charge is 0.256 e. The lowest BCUT2D eigenvalue weighted by atomic mass is 10.1. The van der Waals surface area contributed by atoms with Gasteiger partial charge >= 0.3 is 0 Å². The molecule has 174 valence electrons. The summed E-state index contributed by atoms with van der Waals surface area (Å²) in [6, 6.07) is 21.8. The highest BCUT2D eigenvalue weighted by atomic mass is 32.2. The number of carbonyl (C=O) groups excluding carboxylic acids is 3. The molecule has 0 saturated carbocycles. The summed E-state index contributed by atoms with van der Waals surface area (Å²) in [5, 5.41) is 5.77. The molecule has 1 fully saturated rings. The number of hydrogen-bond acceptors (Lipinski definition) is 4. The number of aryl methyl sites for hydroxylation is 1. The molecule has 0 radical (unpaired) electrons. The summed E-state index contributed by atoms with van der Waals surface area (Å²) >= 11 is 1.31. The average molecular weight is 474 g/mol. The summed E-state index contributed by atoms with van der Waals surface area (Å²) in [7, 11) is 0. The fraction of sp³-hybridized carbons (Fsp3) is 0.222. The SMILES string of the molecule is Cc1ccc(NC(=O)CSc2ccccc2C(=O)Nc2cccc(C(=O)N3CCCC3)c2)cc1. The lowest BCUT2D eigenvalue weighted by molar-refractivity contribution is -0.113. The van der Waals surface area contributed by atoms with Crippen LogP contribution in [-0.2, 0) is 4.79 Å². The topological polar surface area (TPSA) is 78.5 Å². The Bertz CT molecular complexity index is 1190. The molecule has 1 heterocycles. The fourth-order valence-corrected chi connectivity index (χ4v) is 4.64. The Hall–Kier alpha value is -3.58. The van der Waals surface area contributed by atoms with E-state index in [4.69, 9.17) is 0 Å². The molecule has 4 rings (SSSR count). The maximum Gasteiger partial charge on any atom is 0.256 e. The van der Waals surface area contributed by atoms with Crippen molar-refractivity contribution in [1.29, 1.82) is 0 Å². The molecule has 0 spiro atoms. The molecule has 1 aliphatic rings. The molecule has 0 aliphatic carbocycles. The molecule has 0 unspecified atom stereocenters. The number of benzene rings is 3. The number of likely N-dealkylation sites (tertiary alicyclic amines) is 1. The van der Waals surface area contributed by atoms with Crippen molar-refractivity contribution < 1.29 is 14.4 Å². The third-order valence-corrected chi connectivity index (χ3v) is 6.66. The highest BCUT2D eigenvalue weighted by Gasteiger charge is 2.20. The minimum absolute atomic E-state index is 0.0101. The first-order valence-corrected chi connectivity index (χ1v) is 12.3. The first-order chi connectivity index (χ1) is 16.5. The number of anilines is 2. The van der Waals surface area contributed by atoms with Crippen LogP contribution in [-0.4, -0.2) is 41.5 Å².